The van der Waals surface area contributed by atoms with Gasteiger partial charge in [-0.1, -0.05) is 26.8 Å². The molecule has 1 atom stereocenters. The maximum atomic E-state index is 13.3. The van der Waals surface area contributed by atoms with Crippen LogP contribution >= 0.6 is 0 Å². The first kappa shape index (κ1) is 12.8. The van der Waals surface area contributed by atoms with Crippen LogP contribution in [0.3, 0.4) is 0 Å². The van der Waals surface area contributed by atoms with Gasteiger partial charge in [0.1, 0.15) is 17.7 Å². The average molecular weight is 228 g/mol. The van der Waals surface area contributed by atoms with Crippen LogP contribution in [-0.4, -0.2) is 10.9 Å². The molecule has 0 amide bonds. The summed E-state index contributed by atoms with van der Waals surface area (Å²) >= 11 is 0. The Kier molecular flexibility index (Phi) is 3.43. The minimum absolute atomic E-state index is 0.193. The second-order valence-electron chi connectivity index (χ2n) is 4.68. The van der Waals surface area contributed by atoms with Crippen LogP contribution in [0, 0.1) is 17.0 Å². The summed E-state index contributed by atoms with van der Waals surface area (Å²) < 4.78 is 25.9. The van der Waals surface area contributed by atoms with Crippen LogP contribution in [-0.2, 0) is 4.79 Å². The number of Topliss-reactive ketones (excluding diaryl/α,β-unsaturated/α-hetero) is 1. The fraction of sp³-hybridized carbons (Fsp3) is 0.417. The van der Waals surface area contributed by atoms with Crippen molar-refractivity contribution in [1.82, 2.24) is 0 Å². The van der Waals surface area contributed by atoms with Crippen molar-refractivity contribution in [2.24, 2.45) is 5.41 Å². The number of rotatable bonds is 2. The number of ketones is 1. The molecule has 0 saturated carbocycles. The summed E-state index contributed by atoms with van der Waals surface area (Å²) in [4.78, 5) is 11.7. The van der Waals surface area contributed by atoms with Crippen LogP contribution in [0.1, 0.15) is 32.4 Å². The van der Waals surface area contributed by atoms with Crippen LogP contribution in [0.5, 0.6) is 0 Å². The number of hydrogen-bond acceptors (Lipinski definition) is 2. The largest absolute Gasteiger partial charge is 0.380 e. The Balaban J connectivity index is 3.06. The lowest BCUT2D eigenvalue weighted by Crippen LogP contribution is -2.27. The highest BCUT2D eigenvalue weighted by Crippen LogP contribution is 2.27. The van der Waals surface area contributed by atoms with Crippen molar-refractivity contribution in [1.29, 1.82) is 0 Å². The number of aliphatic hydroxyl groups excluding tert-OH is 1. The Morgan fingerprint density at radius 3 is 2.31 bits per heavy atom. The van der Waals surface area contributed by atoms with Crippen molar-refractivity contribution >= 4 is 5.78 Å². The second kappa shape index (κ2) is 4.29. The molecule has 4 heteroatoms. The van der Waals surface area contributed by atoms with E-state index in [1.807, 2.05) is 0 Å². The number of carbonyl (C=O) groups excluding carboxylic acids is 1. The lowest BCUT2D eigenvalue weighted by atomic mass is 9.85. The molecule has 0 aliphatic carbocycles. The van der Waals surface area contributed by atoms with E-state index in [-0.39, 0.29) is 5.56 Å². The van der Waals surface area contributed by atoms with Gasteiger partial charge in [-0.05, 0) is 6.07 Å². The zero-order valence-electron chi connectivity index (χ0n) is 9.42. The highest BCUT2D eigenvalue weighted by Gasteiger charge is 2.30. The van der Waals surface area contributed by atoms with Gasteiger partial charge in [0.2, 0.25) is 0 Å². The van der Waals surface area contributed by atoms with Gasteiger partial charge in [-0.3, -0.25) is 4.79 Å². The fourth-order valence-corrected chi connectivity index (χ4v) is 1.27. The zero-order valence-corrected chi connectivity index (χ0v) is 9.42. The average Bonchev–Trinajstić information content (AvgIpc) is 2.14. The lowest BCUT2D eigenvalue weighted by molar-refractivity contribution is -0.135. The van der Waals surface area contributed by atoms with E-state index in [1.54, 1.807) is 20.8 Å². The van der Waals surface area contributed by atoms with E-state index in [0.29, 0.717) is 6.07 Å². The summed E-state index contributed by atoms with van der Waals surface area (Å²) in [5, 5.41) is 9.68. The molecule has 0 aromatic heterocycles. The number of hydrogen-bond donors (Lipinski definition) is 1. The number of benzene rings is 1. The molecule has 16 heavy (non-hydrogen) atoms. The van der Waals surface area contributed by atoms with E-state index in [2.05, 4.69) is 0 Å². The number of carbonyl (C=O) groups is 1. The molecular formula is C12H14F2O2. The third-order valence-electron chi connectivity index (χ3n) is 2.24. The van der Waals surface area contributed by atoms with Crippen molar-refractivity contribution in [3.8, 4) is 0 Å². The van der Waals surface area contributed by atoms with Crippen molar-refractivity contribution in [3.63, 3.8) is 0 Å². The van der Waals surface area contributed by atoms with Crippen LogP contribution in [0.25, 0.3) is 0 Å². The summed E-state index contributed by atoms with van der Waals surface area (Å²) in [5.74, 6) is -2.15. The molecule has 1 aromatic carbocycles. The zero-order chi connectivity index (χ0) is 12.5. The van der Waals surface area contributed by atoms with E-state index in [1.165, 1.54) is 0 Å². The van der Waals surface area contributed by atoms with Gasteiger partial charge in [-0.2, -0.15) is 0 Å². The van der Waals surface area contributed by atoms with Crippen molar-refractivity contribution in [3.05, 3.63) is 35.4 Å². The monoisotopic (exact) mass is 228 g/mol. The molecule has 1 rings (SSSR count). The smallest absolute Gasteiger partial charge is 0.171 e. The lowest BCUT2D eigenvalue weighted by Gasteiger charge is -2.21. The summed E-state index contributed by atoms with van der Waals surface area (Å²) in [6.45, 7) is 4.87. The maximum absolute atomic E-state index is 13.3. The molecule has 1 unspecified atom stereocenters. The minimum Gasteiger partial charge on any atom is -0.380 e. The third kappa shape index (κ3) is 2.64. The molecule has 0 radical (unpaired) electrons. The van der Waals surface area contributed by atoms with E-state index >= 15 is 0 Å². The Morgan fingerprint density at radius 2 is 1.88 bits per heavy atom. The maximum Gasteiger partial charge on any atom is 0.171 e. The fourth-order valence-electron chi connectivity index (χ4n) is 1.27. The number of aliphatic hydroxyl groups is 1. The predicted octanol–water partition coefficient (Wildman–Crippen LogP) is 2.61. The van der Waals surface area contributed by atoms with Crippen LogP contribution < -0.4 is 0 Å². The minimum atomic E-state index is -1.55. The van der Waals surface area contributed by atoms with Gasteiger partial charge in [0.05, 0.1) is 0 Å². The van der Waals surface area contributed by atoms with Gasteiger partial charge in [0.25, 0.3) is 0 Å². The third-order valence-corrected chi connectivity index (χ3v) is 2.24. The highest BCUT2D eigenvalue weighted by atomic mass is 19.1. The number of halogens is 2. The van der Waals surface area contributed by atoms with Gasteiger partial charge in [-0.25, -0.2) is 8.78 Å². The van der Waals surface area contributed by atoms with E-state index < -0.39 is 28.9 Å². The summed E-state index contributed by atoms with van der Waals surface area (Å²) in [7, 11) is 0. The highest BCUT2D eigenvalue weighted by molar-refractivity contribution is 5.88. The molecule has 1 aromatic rings. The topological polar surface area (TPSA) is 37.3 Å². The molecule has 2 nitrogen and oxygen atoms in total. The molecule has 88 valence electrons. The Hall–Kier alpha value is -1.29. The van der Waals surface area contributed by atoms with Gasteiger partial charge in [0.15, 0.2) is 5.78 Å². The Morgan fingerprint density at radius 1 is 1.31 bits per heavy atom. The summed E-state index contributed by atoms with van der Waals surface area (Å²) in [6, 6.07) is 2.74. The van der Waals surface area contributed by atoms with Gasteiger partial charge in [-0.15, -0.1) is 0 Å². The quantitative estimate of drug-likeness (QED) is 0.844. The molecule has 0 saturated heterocycles. The predicted molar refractivity (Wildman–Crippen MR) is 55.8 cm³/mol. The molecule has 0 spiro atoms. The first-order valence-corrected chi connectivity index (χ1v) is 4.91. The molecular weight excluding hydrogens is 214 g/mol. The van der Waals surface area contributed by atoms with Crippen LogP contribution in [0.2, 0.25) is 0 Å². The van der Waals surface area contributed by atoms with Crippen molar-refractivity contribution in [2.75, 3.05) is 0 Å². The molecule has 1 N–H and O–H groups in total. The molecule has 0 aliphatic rings. The summed E-state index contributed by atoms with van der Waals surface area (Å²) in [6.07, 6.45) is -1.55. The second-order valence-corrected chi connectivity index (χ2v) is 4.68. The van der Waals surface area contributed by atoms with Crippen LogP contribution in [0.15, 0.2) is 18.2 Å². The van der Waals surface area contributed by atoms with Gasteiger partial charge < -0.3 is 5.11 Å². The van der Waals surface area contributed by atoms with Crippen molar-refractivity contribution in [2.45, 2.75) is 26.9 Å². The standard InChI is InChI=1S/C12H14F2O2/c1-12(2,3)11(16)10(15)8-5-4-7(13)6-9(8)14/h4-6,10,15H,1-3H3. The van der Waals surface area contributed by atoms with E-state index in [9.17, 15) is 18.7 Å². The van der Waals surface area contributed by atoms with Crippen LogP contribution in [0.4, 0.5) is 8.78 Å². The first-order chi connectivity index (χ1) is 7.23. The van der Waals surface area contributed by atoms with E-state index in [0.717, 1.165) is 12.1 Å². The summed E-state index contributed by atoms with van der Waals surface area (Å²) in [5.41, 5.74) is -0.971. The Bertz CT molecular complexity index is 408. The molecule has 0 heterocycles. The molecule has 0 fully saturated rings. The normalized spacial score (nSPS) is 13.6. The first-order valence-electron chi connectivity index (χ1n) is 4.91. The van der Waals surface area contributed by atoms with Gasteiger partial charge in [0, 0.05) is 17.0 Å². The van der Waals surface area contributed by atoms with Gasteiger partial charge >= 0.3 is 0 Å². The molecule has 0 bridgehead atoms. The van der Waals surface area contributed by atoms with Crippen molar-refractivity contribution < 1.29 is 18.7 Å². The molecule has 0 aliphatic heterocycles. The Labute approximate surface area is 92.9 Å². The SMILES string of the molecule is CC(C)(C)C(=O)C(O)c1ccc(F)cc1F. The van der Waals surface area contributed by atoms with E-state index in [4.69, 9.17) is 0 Å².